The SMILES string of the molecule is CCC(=O)NC(NNc1cccc(Cl)c1)(C(F)(F)F)C(F)(F)F. The number of hydrazine groups is 1. The molecular formula is C12H12ClF6N3O. The summed E-state index contributed by atoms with van der Waals surface area (Å²) in [5.41, 5.74) is -1.90. The molecule has 4 nitrogen and oxygen atoms in total. The van der Waals surface area contributed by atoms with Crippen molar-refractivity contribution in [2.24, 2.45) is 0 Å². The fourth-order valence-electron chi connectivity index (χ4n) is 1.51. The van der Waals surface area contributed by atoms with Crippen LogP contribution in [0.1, 0.15) is 13.3 Å². The van der Waals surface area contributed by atoms with Crippen molar-refractivity contribution in [2.75, 3.05) is 5.43 Å². The molecule has 0 aliphatic carbocycles. The van der Waals surface area contributed by atoms with Gasteiger partial charge in [-0.15, -0.1) is 0 Å². The summed E-state index contributed by atoms with van der Waals surface area (Å²) in [5.74, 6) is -1.43. The first-order valence-electron chi connectivity index (χ1n) is 6.16. The van der Waals surface area contributed by atoms with Crippen LogP contribution in [0.5, 0.6) is 0 Å². The largest absolute Gasteiger partial charge is 0.436 e. The van der Waals surface area contributed by atoms with Crippen LogP contribution in [0.3, 0.4) is 0 Å². The van der Waals surface area contributed by atoms with Crippen molar-refractivity contribution in [3.05, 3.63) is 29.3 Å². The van der Waals surface area contributed by atoms with E-state index in [-0.39, 0.29) is 10.7 Å². The predicted octanol–water partition coefficient (Wildman–Crippen LogP) is 3.60. The Kier molecular flexibility index (Phi) is 5.75. The summed E-state index contributed by atoms with van der Waals surface area (Å²) < 4.78 is 78.5. The summed E-state index contributed by atoms with van der Waals surface area (Å²) in [4.78, 5) is 11.2. The number of anilines is 1. The van der Waals surface area contributed by atoms with E-state index in [9.17, 15) is 31.1 Å². The molecular weight excluding hydrogens is 352 g/mol. The summed E-state index contributed by atoms with van der Waals surface area (Å²) in [6.07, 6.45) is -12.3. The number of alkyl halides is 6. The van der Waals surface area contributed by atoms with Crippen molar-refractivity contribution in [1.82, 2.24) is 10.7 Å². The van der Waals surface area contributed by atoms with Gasteiger partial charge in [0.25, 0.3) is 0 Å². The number of nitrogens with one attached hydrogen (secondary N) is 3. The number of rotatable bonds is 5. The number of amides is 1. The number of benzene rings is 1. The van der Waals surface area contributed by atoms with E-state index in [0.717, 1.165) is 23.7 Å². The summed E-state index contributed by atoms with van der Waals surface area (Å²) >= 11 is 5.60. The molecule has 0 saturated carbocycles. The number of carbonyl (C=O) groups is 1. The van der Waals surface area contributed by atoms with Crippen molar-refractivity contribution in [3.8, 4) is 0 Å². The van der Waals surface area contributed by atoms with Gasteiger partial charge in [0, 0.05) is 11.4 Å². The number of hydrogen-bond acceptors (Lipinski definition) is 3. The van der Waals surface area contributed by atoms with E-state index in [2.05, 4.69) is 0 Å². The van der Waals surface area contributed by atoms with Crippen molar-refractivity contribution in [1.29, 1.82) is 0 Å². The van der Waals surface area contributed by atoms with Gasteiger partial charge in [0.1, 0.15) is 0 Å². The van der Waals surface area contributed by atoms with E-state index in [1.54, 1.807) is 5.43 Å². The molecule has 0 heterocycles. The van der Waals surface area contributed by atoms with Gasteiger partial charge in [0.2, 0.25) is 5.91 Å². The monoisotopic (exact) mass is 363 g/mol. The lowest BCUT2D eigenvalue weighted by atomic mass is 10.1. The first-order valence-corrected chi connectivity index (χ1v) is 6.54. The van der Waals surface area contributed by atoms with Crippen LogP contribution in [0.25, 0.3) is 0 Å². The van der Waals surface area contributed by atoms with Gasteiger partial charge >= 0.3 is 18.0 Å². The van der Waals surface area contributed by atoms with Crippen LogP contribution in [0, 0.1) is 0 Å². The van der Waals surface area contributed by atoms with Crippen LogP contribution < -0.4 is 16.2 Å². The zero-order valence-electron chi connectivity index (χ0n) is 11.6. The Morgan fingerprint density at radius 3 is 2.13 bits per heavy atom. The normalized spacial score (nSPS) is 12.9. The second-order valence-corrected chi connectivity index (χ2v) is 4.84. The highest BCUT2D eigenvalue weighted by Crippen LogP contribution is 2.41. The Bertz CT molecular complexity index is 546. The van der Waals surface area contributed by atoms with E-state index < -0.39 is 30.3 Å². The van der Waals surface area contributed by atoms with Gasteiger partial charge in [0.15, 0.2) is 0 Å². The number of halogens is 7. The van der Waals surface area contributed by atoms with Crippen molar-refractivity contribution < 1.29 is 31.1 Å². The van der Waals surface area contributed by atoms with Crippen LogP contribution in [0.4, 0.5) is 32.0 Å². The Morgan fingerprint density at radius 1 is 1.13 bits per heavy atom. The molecule has 0 atom stereocenters. The lowest BCUT2D eigenvalue weighted by Crippen LogP contribution is -2.76. The molecule has 130 valence electrons. The molecule has 11 heteroatoms. The average molecular weight is 364 g/mol. The quantitative estimate of drug-likeness (QED) is 0.425. The Balaban J connectivity index is 3.19. The maximum absolute atomic E-state index is 13.1. The lowest BCUT2D eigenvalue weighted by Gasteiger charge is -2.38. The molecule has 23 heavy (non-hydrogen) atoms. The van der Waals surface area contributed by atoms with E-state index in [0.29, 0.717) is 0 Å². The molecule has 0 aromatic heterocycles. The maximum atomic E-state index is 13.1. The zero-order chi connectivity index (χ0) is 17.9. The first kappa shape index (κ1) is 19.4. The van der Waals surface area contributed by atoms with Crippen molar-refractivity contribution in [2.45, 2.75) is 31.4 Å². The molecule has 0 saturated heterocycles. The molecule has 0 spiro atoms. The molecule has 0 aliphatic rings. The third kappa shape index (κ3) is 4.41. The van der Waals surface area contributed by atoms with Gasteiger partial charge in [-0.1, -0.05) is 24.6 Å². The van der Waals surface area contributed by atoms with E-state index in [1.807, 2.05) is 0 Å². The molecule has 0 bridgehead atoms. The maximum Gasteiger partial charge on any atom is 0.436 e. The van der Waals surface area contributed by atoms with Crippen LogP contribution in [0.15, 0.2) is 24.3 Å². The average Bonchev–Trinajstić information content (AvgIpc) is 2.40. The smallest absolute Gasteiger partial charge is 0.321 e. The topological polar surface area (TPSA) is 53.2 Å². The summed E-state index contributed by atoms with van der Waals surface area (Å²) in [6, 6.07) is 5.00. The van der Waals surface area contributed by atoms with Crippen LogP contribution >= 0.6 is 11.6 Å². The highest BCUT2D eigenvalue weighted by Gasteiger charge is 2.72. The minimum Gasteiger partial charge on any atom is -0.321 e. The fourth-order valence-corrected chi connectivity index (χ4v) is 1.70. The molecule has 1 aromatic carbocycles. The highest BCUT2D eigenvalue weighted by molar-refractivity contribution is 6.30. The van der Waals surface area contributed by atoms with Crippen molar-refractivity contribution in [3.63, 3.8) is 0 Å². The molecule has 0 unspecified atom stereocenters. The van der Waals surface area contributed by atoms with Gasteiger partial charge in [-0.2, -0.15) is 31.8 Å². The summed E-state index contributed by atoms with van der Waals surface area (Å²) in [7, 11) is 0. The Morgan fingerprint density at radius 2 is 1.70 bits per heavy atom. The van der Waals surface area contributed by atoms with E-state index in [4.69, 9.17) is 11.6 Å². The third-order valence-corrected chi connectivity index (χ3v) is 2.95. The van der Waals surface area contributed by atoms with Crippen molar-refractivity contribution >= 4 is 23.2 Å². The van der Waals surface area contributed by atoms with Crippen LogP contribution in [-0.4, -0.2) is 23.9 Å². The second-order valence-electron chi connectivity index (χ2n) is 4.41. The zero-order valence-corrected chi connectivity index (χ0v) is 12.3. The van der Waals surface area contributed by atoms with Gasteiger partial charge < -0.3 is 10.7 Å². The summed E-state index contributed by atoms with van der Waals surface area (Å²) in [6.45, 7) is 1.12. The minimum absolute atomic E-state index is 0.0963. The molecule has 3 N–H and O–H groups in total. The van der Waals surface area contributed by atoms with Crippen LogP contribution in [0.2, 0.25) is 5.02 Å². The molecule has 0 radical (unpaired) electrons. The van der Waals surface area contributed by atoms with Crippen LogP contribution in [-0.2, 0) is 4.79 Å². The highest BCUT2D eigenvalue weighted by atomic mass is 35.5. The Labute approximate surface area is 132 Å². The third-order valence-electron chi connectivity index (χ3n) is 2.72. The molecule has 0 aliphatic heterocycles. The number of hydrogen-bond donors (Lipinski definition) is 3. The predicted molar refractivity (Wildman–Crippen MR) is 71.5 cm³/mol. The van der Waals surface area contributed by atoms with E-state index >= 15 is 0 Å². The standard InChI is InChI=1S/C12H12ClF6N3O/c1-2-9(23)20-10(11(14,15)16,12(17,18)19)22-21-8-5-3-4-7(13)6-8/h3-6,21-22H,2H2,1H3,(H,20,23). The molecule has 1 aromatic rings. The molecule has 0 fully saturated rings. The van der Waals surface area contributed by atoms with E-state index in [1.165, 1.54) is 18.2 Å². The number of carbonyl (C=O) groups excluding carboxylic acids is 1. The Hall–Kier alpha value is -1.68. The van der Waals surface area contributed by atoms with Gasteiger partial charge in [-0.3, -0.25) is 4.79 Å². The molecule has 1 rings (SSSR count). The fraction of sp³-hybridized carbons (Fsp3) is 0.417. The van der Waals surface area contributed by atoms with Gasteiger partial charge in [0.05, 0.1) is 5.69 Å². The lowest BCUT2D eigenvalue weighted by molar-refractivity contribution is -0.314. The first-order chi connectivity index (χ1) is 10.4. The van der Waals surface area contributed by atoms with Gasteiger partial charge in [-0.25, -0.2) is 0 Å². The molecule has 1 amide bonds. The second kappa shape index (κ2) is 6.83. The van der Waals surface area contributed by atoms with Gasteiger partial charge in [-0.05, 0) is 18.2 Å². The summed E-state index contributed by atoms with van der Waals surface area (Å²) in [5, 5.41) is 1.05. The minimum atomic E-state index is -5.86.